The molecule has 0 radical (unpaired) electrons. The molecular weight excluding hydrogens is 384 g/mol. The van der Waals surface area contributed by atoms with E-state index in [2.05, 4.69) is 10.6 Å². The quantitative estimate of drug-likeness (QED) is 0.717. The number of esters is 2. The zero-order chi connectivity index (χ0) is 20.3. The Morgan fingerprint density at radius 2 is 2.04 bits per heavy atom. The molecule has 9 heteroatoms. The van der Waals surface area contributed by atoms with E-state index < -0.39 is 24.0 Å². The summed E-state index contributed by atoms with van der Waals surface area (Å²) in [6, 6.07) is 4.03. The fourth-order valence-electron chi connectivity index (χ4n) is 2.90. The molecule has 1 aliphatic heterocycles. The SMILES string of the molecule is CCOC(=O)C1=C(COC(=O)c2cc(C)oc2C)NC(=O)NC1c1cccs1. The second-order valence-electron chi connectivity index (χ2n) is 6.06. The number of carbonyl (C=O) groups excluding carboxylic acids is 3. The van der Waals surface area contributed by atoms with Crippen LogP contribution in [-0.4, -0.2) is 31.2 Å². The van der Waals surface area contributed by atoms with Gasteiger partial charge in [-0.25, -0.2) is 14.4 Å². The van der Waals surface area contributed by atoms with Crippen LogP contribution in [0.2, 0.25) is 0 Å². The monoisotopic (exact) mass is 404 g/mol. The second kappa shape index (κ2) is 8.30. The third kappa shape index (κ3) is 4.09. The lowest BCUT2D eigenvalue weighted by molar-refractivity contribution is -0.139. The van der Waals surface area contributed by atoms with Crippen LogP contribution >= 0.6 is 11.3 Å². The Hall–Kier alpha value is -3.07. The van der Waals surface area contributed by atoms with Crippen molar-refractivity contribution in [3.63, 3.8) is 0 Å². The van der Waals surface area contributed by atoms with Gasteiger partial charge >= 0.3 is 18.0 Å². The number of urea groups is 1. The Kier molecular flexibility index (Phi) is 5.84. The van der Waals surface area contributed by atoms with Gasteiger partial charge in [0, 0.05) is 4.88 Å². The first-order valence-electron chi connectivity index (χ1n) is 8.66. The molecule has 28 heavy (non-hydrogen) atoms. The number of nitrogens with one attached hydrogen (secondary N) is 2. The Labute approximate surface area is 165 Å². The zero-order valence-electron chi connectivity index (χ0n) is 15.7. The maximum atomic E-state index is 12.6. The summed E-state index contributed by atoms with van der Waals surface area (Å²) in [5.74, 6) is -0.169. The molecule has 0 aliphatic carbocycles. The average Bonchev–Trinajstić information content (AvgIpc) is 3.28. The number of carbonyl (C=O) groups is 3. The zero-order valence-corrected chi connectivity index (χ0v) is 16.5. The summed E-state index contributed by atoms with van der Waals surface area (Å²) in [7, 11) is 0. The molecule has 0 fully saturated rings. The molecule has 1 atom stereocenters. The van der Waals surface area contributed by atoms with Gasteiger partial charge in [0.2, 0.25) is 0 Å². The molecule has 0 bridgehead atoms. The van der Waals surface area contributed by atoms with E-state index in [1.54, 1.807) is 32.9 Å². The Morgan fingerprint density at radius 3 is 2.64 bits per heavy atom. The number of furan rings is 1. The molecule has 1 aliphatic rings. The lowest BCUT2D eigenvalue weighted by Gasteiger charge is -2.28. The number of ether oxygens (including phenoxy) is 2. The molecule has 3 rings (SSSR count). The molecule has 0 saturated carbocycles. The van der Waals surface area contributed by atoms with E-state index in [4.69, 9.17) is 13.9 Å². The highest BCUT2D eigenvalue weighted by Gasteiger charge is 2.34. The van der Waals surface area contributed by atoms with Crippen molar-refractivity contribution >= 4 is 29.3 Å². The third-order valence-electron chi connectivity index (χ3n) is 4.09. The van der Waals surface area contributed by atoms with E-state index in [1.807, 2.05) is 11.4 Å². The van der Waals surface area contributed by atoms with Gasteiger partial charge in [0.1, 0.15) is 23.7 Å². The number of amides is 2. The van der Waals surface area contributed by atoms with Crippen LogP contribution in [-0.2, 0) is 14.3 Å². The van der Waals surface area contributed by atoms with Crippen LogP contribution < -0.4 is 10.6 Å². The molecule has 0 spiro atoms. The highest BCUT2D eigenvalue weighted by atomic mass is 32.1. The number of hydrogen-bond acceptors (Lipinski definition) is 7. The molecule has 2 aromatic rings. The van der Waals surface area contributed by atoms with E-state index in [-0.39, 0.29) is 24.5 Å². The highest BCUT2D eigenvalue weighted by molar-refractivity contribution is 7.10. The van der Waals surface area contributed by atoms with Crippen molar-refractivity contribution in [1.29, 1.82) is 0 Å². The standard InChI is InChI=1S/C19H20N2O6S/c1-4-25-18(23)15-13(9-26-17(22)12-8-10(2)27-11(12)3)20-19(24)21-16(15)14-6-5-7-28-14/h5-8,16H,4,9H2,1-3H3,(H2,20,21,24). The van der Waals surface area contributed by atoms with Crippen molar-refractivity contribution in [2.75, 3.05) is 13.2 Å². The largest absolute Gasteiger partial charge is 0.466 e. The highest BCUT2D eigenvalue weighted by Crippen LogP contribution is 2.30. The lowest BCUT2D eigenvalue weighted by atomic mass is 10.0. The minimum atomic E-state index is -0.681. The first-order chi connectivity index (χ1) is 13.4. The van der Waals surface area contributed by atoms with Gasteiger partial charge in [-0.2, -0.15) is 0 Å². The molecule has 8 nitrogen and oxygen atoms in total. The van der Waals surface area contributed by atoms with Crippen molar-refractivity contribution in [3.05, 3.63) is 56.8 Å². The molecule has 0 aromatic carbocycles. The third-order valence-corrected chi connectivity index (χ3v) is 5.02. The van der Waals surface area contributed by atoms with Crippen molar-refractivity contribution in [1.82, 2.24) is 10.6 Å². The van der Waals surface area contributed by atoms with Crippen LogP contribution in [0.15, 0.2) is 39.3 Å². The molecule has 2 N–H and O–H groups in total. The Morgan fingerprint density at radius 1 is 1.25 bits per heavy atom. The number of thiophene rings is 1. The van der Waals surface area contributed by atoms with E-state index in [0.717, 1.165) is 4.88 Å². The van der Waals surface area contributed by atoms with Gasteiger partial charge in [0.25, 0.3) is 0 Å². The molecule has 2 amide bonds. The van der Waals surface area contributed by atoms with Crippen LogP contribution in [0.3, 0.4) is 0 Å². The topological polar surface area (TPSA) is 107 Å². The second-order valence-corrected chi connectivity index (χ2v) is 7.04. The maximum absolute atomic E-state index is 12.6. The first-order valence-corrected chi connectivity index (χ1v) is 9.54. The fraction of sp³-hybridized carbons (Fsp3) is 0.316. The van der Waals surface area contributed by atoms with E-state index >= 15 is 0 Å². The Bertz CT molecular complexity index is 928. The molecule has 3 heterocycles. The summed E-state index contributed by atoms with van der Waals surface area (Å²) in [6.07, 6.45) is 0. The summed E-state index contributed by atoms with van der Waals surface area (Å²) in [5.41, 5.74) is 0.689. The van der Waals surface area contributed by atoms with Crippen LogP contribution in [0, 0.1) is 13.8 Å². The summed E-state index contributed by atoms with van der Waals surface area (Å²) >= 11 is 1.39. The van der Waals surface area contributed by atoms with Gasteiger partial charge in [0.15, 0.2) is 0 Å². The lowest BCUT2D eigenvalue weighted by Crippen LogP contribution is -2.46. The summed E-state index contributed by atoms with van der Waals surface area (Å²) in [4.78, 5) is 37.8. The van der Waals surface area contributed by atoms with Crippen LogP contribution in [0.4, 0.5) is 4.79 Å². The van der Waals surface area contributed by atoms with Gasteiger partial charge in [-0.15, -0.1) is 11.3 Å². The van der Waals surface area contributed by atoms with Gasteiger partial charge < -0.3 is 24.5 Å². The molecule has 0 saturated heterocycles. The average molecular weight is 404 g/mol. The molecule has 2 aromatic heterocycles. The summed E-state index contributed by atoms with van der Waals surface area (Å²) in [6.45, 7) is 4.97. The van der Waals surface area contributed by atoms with Crippen LogP contribution in [0.25, 0.3) is 0 Å². The predicted octanol–water partition coefficient (Wildman–Crippen LogP) is 2.99. The van der Waals surface area contributed by atoms with E-state index in [0.29, 0.717) is 17.1 Å². The molecule has 148 valence electrons. The van der Waals surface area contributed by atoms with Crippen LogP contribution in [0.1, 0.15) is 39.7 Å². The molecular formula is C19H20N2O6S. The van der Waals surface area contributed by atoms with Crippen molar-refractivity contribution < 1.29 is 28.3 Å². The molecule has 1 unspecified atom stereocenters. The first kappa shape index (κ1) is 19.7. The van der Waals surface area contributed by atoms with Gasteiger partial charge in [-0.05, 0) is 38.3 Å². The van der Waals surface area contributed by atoms with Crippen LogP contribution in [0.5, 0.6) is 0 Å². The number of rotatable bonds is 6. The predicted molar refractivity (Wildman–Crippen MR) is 101 cm³/mol. The van der Waals surface area contributed by atoms with Gasteiger partial charge in [-0.3, -0.25) is 0 Å². The van der Waals surface area contributed by atoms with E-state index in [9.17, 15) is 14.4 Å². The summed E-state index contributed by atoms with van der Waals surface area (Å²) in [5, 5.41) is 7.12. The number of hydrogen-bond donors (Lipinski definition) is 2. The number of aryl methyl sites for hydroxylation is 2. The maximum Gasteiger partial charge on any atom is 0.342 e. The summed E-state index contributed by atoms with van der Waals surface area (Å²) < 4.78 is 15.8. The van der Waals surface area contributed by atoms with E-state index in [1.165, 1.54) is 11.3 Å². The van der Waals surface area contributed by atoms with Crippen molar-refractivity contribution in [2.45, 2.75) is 26.8 Å². The minimum absolute atomic E-state index is 0.175. The minimum Gasteiger partial charge on any atom is -0.466 e. The fourth-order valence-corrected chi connectivity index (χ4v) is 3.68. The van der Waals surface area contributed by atoms with Gasteiger partial charge in [0.05, 0.1) is 23.9 Å². The van der Waals surface area contributed by atoms with Gasteiger partial charge in [-0.1, -0.05) is 6.07 Å². The van der Waals surface area contributed by atoms with Crippen molar-refractivity contribution in [2.24, 2.45) is 0 Å². The van der Waals surface area contributed by atoms with Crippen molar-refractivity contribution in [3.8, 4) is 0 Å². The Balaban J connectivity index is 1.89. The smallest absolute Gasteiger partial charge is 0.342 e. The normalized spacial score (nSPS) is 16.4.